The predicted octanol–water partition coefficient (Wildman–Crippen LogP) is 2.34. The molecule has 0 saturated carbocycles. The van der Waals surface area contributed by atoms with Gasteiger partial charge < -0.3 is 14.5 Å². The van der Waals surface area contributed by atoms with Crippen molar-refractivity contribution in [2.24, 2.45) is 11.3 Å². The first kappa shape index (κ1) is 23.7. The summed E-state index contributed by atoms with van der Waals surface area (Å²) in [6.07, 6.45) is 9.15. The fraction of sp³-hybridized carbons (Fsp3) is 0.542. The molecule has 0 N–H and O–H groups in total. The van der Waals surface area contributed by atoms with Crippen LogP contribution in [0.4, 0.5) is 4.79 Å². The number of pyridine rings is 1. The maximum atomic E-state index is 12.5. The van der Waals surface area contributed by atoms with Crippen LogP contribution in [0.15, 0.2) is 37.1 Å². The molecule has 4 heterocycles. The van der Waals surface area contributed by atoms with E-state index in [1.807, 2.05) is 13.8 Å². The van der Waals surface area contributed by atoms with Gasteiger partial charge in [-0.2, -0.15) is 4.73 Å². The summed E-state index contributed by atoms with van der Waals surface area (Å²) < 4.78 is 7.01. The number of imidazole rings is 1. The van der Waals surface area contributed by atoms with Crippen molar-refractivity contribution in [3.63, 3.8) is 0 Å². The van der Waals surface area contributed by atoms with E-state index in [1.165, 1.54) is 4.90 Å². The number of likely N-dealkylation sites (tertiary alicyclic amines) is 2. The van der Waals surface area contributed by atoms with Gasteiger partial charge in [-0.1, -0.05) is 19.9 Å². The second kappa shape index (κ2) is 10.2. The number of piperidine rings is 2. The van der Waals surface area contributed by atoms with Gasteiger partial charge in [-0.25, -0.2) is 14.8 Å². The van der Waals surface area contributed by atoms with E-state index in [4.69, 9.17) is 9.57 Å². The third-order valence-corrected chi connectivity index (χ3v) is 6.29. The molecule has 2 saturated heterocycles. The number of carbonyl (C=O) groups is 3. The van der Waals surface area contributed by atoms with Gasteiger partial charge in [-0.05, 0) is 36.2 Å². The molecular formula is C24H31N5O5. The van der Waals surface area contributed by atoms with Crippen LogP contribution in [-0.4, -0.2) is 68.6 Å². The van der Waals surface area contributed by atoms with Crippen LogP contribution < -0.4 is 9.57 Å². The van der Waals surface area contributed by atoms with Crippen molar-refractivity contribution in [3.05, 3.63) is 42.6 Å². The summed E-state index contributed by atoms with van der Waals surface area (Å²) in [5.41, 5.74) is 0.588. The molecule has 4 rings (SSSR count). The van der Waals surface area contributed by atoms with E-state index in [9.17, 15) is 14.4 Å². The summed E-state index contributed by atoms with van der Waals surface area (Å²) in [5, 5.41) is 0. The van der Waals surface area contributed by atoms with Gasteiger partial charge in [0.1, 0.15) is 12.9 Å². The SMILES string of the molecule is CC1(C)CC(=O)N(CCc2ccc(OC(=O)N3CCC(COn4ccnc4)CC3)nc2)C(=O)C1. The molecule has 3 amide bonds. The minimum atomic E-state index is -0.415. The molecule has 0 aliphatic carbocycles. The predicted molar refractivity (Wildman–Crippen MR) is 122 cm³/mol. The molecule has 0 unspecified atom stereocenters. The van der Waals surface area contributed by atoms with Gasteiger partial charge in [0.15, 0.2) is 0 Å². The fourth-order valence-corrected chi connectivity index (χ4v) is 4.27. The average molecular weight is 470 g/mol. The first-order chi connectivity index (χ1) is 16.3. The summed E-state index contributed by atoms with van der Waals surface area (Å²) in [4.78, 5) is 53.9. The number of hydrogen-bond acceptors (Lipinski definition) is 7. The third kappa shape index (κ3) is 6.12. The summed E-state index contributed by atoms with van der Waals surface area (Å²) in [7, 11) is 0. The molecule has 0 bridgehead atoms. The molecule has 0 radical (unpaired) electrons. The molecule has 2 aromatic rings. The number of carbonyl (C=O) groups excluding carboxylic acids is 3. The Kier molecular flexibility index (Phi) is 7.14. The number of ether oxygens (including phenoxy) is 1. The molecule has 0 spiro atoms. The summed E-state index contributed by atoms with van der Waals surface area (Å²) in [6.45, 7) is 5.98. The Morgan fingerprint density at radius 1 is 1.15 bits per heavy atom. The number of nitrogens with zero attached hydrogens (tertiary/aromatic N) is 5. The van der Waals surface area contributed by atoms with E-state index in [0.29, 0.717) is 51.4 Å². The Bertz CT molecular complexity index is 977. The highest BCUT2D eigenvalue weighted by Gasteiger charge is 2.37. The fourth-order valence-electron chi connectivity index (χ4n) is 4.27. The maximum absolute atomic E-state index is 12.5. The Hall–Kier alpha value is -3.43. The molecule has 34 heavy (non-hydrogen) atoms. The molecule has 2 aliphatic heterocycles. The quantitative estimate of drug-likeness (QED) is 0.573. The van der Waals surface area contributed by atoms with E-state index in [1.54, 1.807) is 46.7 Å². The van der Waals surface area contributed by atoms with E-state index in [2.05, 4.69) is 9.97 Å². The first-order valence-corrected chi connectivity index (χ1v) is 11.7. The van der Waals surface area contributed by atoms with Crippen LogP contribution in [-0.2, 0) is 16.0 Å². The zero-order chi connectivity index (χ0) is 24.1. The van der Waals surface area contributed by atoms with Crippen molar-refractivity contribution in [1.29, 1.82) is 0 Å². The van der Waals surface area contributed by atoms with E-state index in [-0.39, 0.29) is 23.1 Å². The largest absolute Gasteiger partial charge is 0.416 e. The minimum Gasteiger partial charge on any atom is -0.413 e. The standard InChI is InChI=1S/C24H31N5O5/c1-24(2)13-21(30)29(22(31)14-24)11-7-18-3-4-20(26-15-18)34-23(32)27-9-5-19(6-10-27)16-33-28-12-8-25-17-28/h3-4,8,12,15,17,19H,5-7,9-11,13-14,16H2,1-2H3. The van der Waals surface area contributed by atoms with Crippen molar-refractivity contribution in [1.82, 2.24) is 24.5 Å². The van der Waals surface area contributed by atoms with E-state index in [0.717, 1.165) is 18.4 Å². The van der Waals surface area contributed by atoms with Crippen LogP contribution in [0.5, 0.6) is 5.88 Å². The molecule has 2 fully saturated rings. The van der Waals surface area contributed by atoms with Crippen LogP contribution in [0.1, 0.15) is 45.1 Å². The van der Waals surface area contributed by atoms with Crippen molar-refractivity contribution >= 4 is 17.9 Å². The lowest BCUT2D eigenvalue weighted by Gasteiger charge is -2.34. The number of amides is 3. The third-order valence-electron chi connectivity index (χ3n) is 6.29. The van der Waals surface area contributed by atoms with Gasteiger partial charge in [0.25, 0.3) is 0 Å². The summed E-state index contributed by atoms with van der Waals surface area (Å²) in [5.74, 6) is 0.341. The van der Waals surface area contributed by atoms with Crippen molar-refractivity contribution in [3.8, 4) is 5.88 Å². The van der Waals surface area contributed by atoms with Crippen LogP contribution in [0.25, 0.3) is 0 Å². The van der Waals surface area contributed by atoms with Crippen LogP contribution >= 0.6 is 0 Å². The number of aromatic nitrogens is 3. The number of hydrogen-bond donors (Lipinski definition) is 0. The topological polar surface area (TPSA) is 107 Å². The smallest absolute Gasteiger partial charge is 0.413 e. The maximum Gasteiger partial charge on any atom is 0.416 e. The Balaban J connectivity index is 1.20. The highest BCUT2D eigenvalue weighted by atomic mass is 16.7. The number of imide groups is 1. The van der Waals surface area contributed by atoms with Crippen molar-refractivity contribution < 1.29 is 24.0 Å². The van der Waals surface area contributed by atoms with Gasteiger partial charge in [-0.3, -0.25) is 14.5 Å². The monoisotopic (exact) mass is 469 g/mol. The Labute approximate surface area is 198 Å². The molecule has 10 heteroatoms. The minimum absolute atomic E-state index is 0.128. The lowest BCUT2D eigenvalue weighted by molar-refractivity contribution is -0.152. The highest BCUT2D eigenvalue weighted by Crippen LogP contribution is 2.31. The number of rotatable bonds is 7. The summed E-state index contributed by atoms with van der Waals surface area (Å²) in [6, 6.07) is 3.44. The molecule has 182 valence electrons. The van der Waals surface area contributed by atoms with E-state index >= 15 is 0 Å². The Morgan fingerprint density at radius 2 is 1.88 bits per heavy atom. The second-order valence-electron chi connectivity index (χ2n) is 9.73. The molecule has 10 nitrogen and oxygen atoms in total. The van der Waals surface area contributed by atoms with Gasteiger partial charge in [0.05, 0.1) is 6.20 Å². The highest BCUT2D eigenvalue weighted by molar-refractivity contribution is 5.98. The summed E-state index contributed by atoms with van der Waals surface area (Å²) >= 11 is 0. The lowest BCUT2D eigenvalue weighted by Crippen LogP contribution is -2.46. The zero-order valence-corrected chi connectivity index (χ0v) is 19.7. The van der Waals surface area contributed by atoms with E-state index < -0.39 is 6.09 Å². The van der Waals surface area contributed by atoms with Crippen molar-refractivity contribution in [2.45, 2.75) is 46.0 Å². The Morgan fingerprint density at radius 3 is 2.50 bits per heavy atom. The zero-order valence-electron chi connectivity index (χ0n) is 19.7. The molecular weight excluding hydrogens is 438 g/mol. The van der Waals surface area contributed by atoms with Gasteiger partial charge in [-0.15, -0.1) is 0 Å². The molecule has 0 aromatic carbocycles. The van der Waals surface area contributed by atoms with Gasteiger partial charge in [0.2, 0.25) is 17.7 Å². The van der Waals surface area contributed by atoms with Gasteiger partial charge >= 0.3 is 6.09 Å². The van der Waals surface area contributed by atoms with Gasteiger partial charge in [0, 0.05) is 50.9 Å². The normalized spacial score (nSPS) is 18.8. The first-order valence-electron chi connectivity index (χ1n) is 11.7. The molecule has 2 aromatic heterocycles. The van der Waals surface area contributed by atoms with Crippen LogP contribution in [0, 0.1) is 11.3 Å². The molecule has 2 aliphatic rings. The van der Waals surface area contributed by atoms with Crippen molar-refractivity contribution in [2.75, 3.05) is 26.2 Å². The second-order valence-corrected chi connectivity index (χ2v) is 9.73. The average Bonchev–Trinajstić information content (AvgIpc) is 3.31. The van der Waals surface area contributed by atoms with Crippen LogP contribution in [0.2, 0.25) is 0 Å². The molecule has 0 atom stereocenters. The van der Waals surface area contributed by atoms with Crippen LogP contribution in [0.3, 0.4) is 0 Å². The lowest BCUT2D eigenvalue weighted by atomic mass is 9.81.